The maximum absolute atomic E-state index is 10.8. The molecule has 0 radical (unpaired) electrons. The number of aromatic nitrogens is 2. The van der Waals surface area contributed by atoms with Gasteiger partial charge in [0.25, 0.3) is 0 Å². The third kappa shape index (κ3) is 5.25. The molecule has 17 heavy (non-hydrogen) atoms. The number of carboxylic acid groups (broad SMARTS) is 1. The van der Waals surface area contributed by atoms with Crippen LogP contribution in [0.15, 0.2) is 12.1 Å². The SMILES string of the molecule is CS(=O)(=O)CCCNc1ccc(C(=O)O)nn1. The largest absolute Gasteiger partial charge is 0.476 e. The number of nitrogens with one attached hydrogen (secondary N) is 1. The molecule has 0 atom stereocenters. The second-order valence-electron chi connectivity index (χ2n) is 3.52. The third-order valence-corrected chi connectivity index (χ3v) is 2.91. The Kier molecular flexibility index (Phi) is 4.38. The topological polar surface area (TPSA) is 109 Å². The molecule has 1 aromatic heterocycles. The Hall–Kier alpha value is -1.70. The van der Waals surface area contributed by atoms with Crippen molar-refractivity contribution in [2.24, 2.45) is 0 Å². The van der Waals surface area contributed by atoms with Crippen LogP contribution in [-0.2, 0) is 9.84 Å². The number of anilines is 1. The second kappa shape index (κ2) is 5.58. The van der Waals surface area contributed by atoms with Crippen molar-refractivity contribution in [2.75, 3.05) is 23.9 Å². The summed E-state index contributed by atoms with van der Waals surface area (Å²) in [6.07, 6.45) is 1.63. The van der Waals surface area contributed by atoms with E-state index in [1.165, 1.54) is 18.4 Å². The molecule has 0 aliphatic heterocycles. The van der Waals surface area contributed by atoms with Crippen LogP contribution in [0.5, 0.6) is 0 Å². The Labute approximate surface area is 98.8 Å². The first-order chi connectivity index (χ1) is 7.88. The zero-order chi connectivity index (χ0) is 12.9. The van der Waals surface area contributed by atoms with Crippen LogP contribution in [-0.4, -0.2) is 48.2 Å². The molecule has 8 heteroatoms. The Balaban J connectivity index is 2.40. The van der Waals surface area contributed by atoms with Gasteiger partial charge in [-0.1, -0.05) is 0 Å². The molecule has 0 saturated heterocycles. The summed E-state index contributed by atoms with van der Waals surface area (Å²) in [7, 11) is -2.95. The molecule has 2 N–H and O–H groups in total. The summed E-state index contributed by atoms with van der Waals surface area (Å²) in [4.78, 5) is 10.5. The first-order valence-electron chi connectivity index (χ1n) is 4.87. The number of sulfone groups is 1. The molecule has 0 aromatic carbocycles. The molecule has 1 aromatic rings. The van der Waals surface area contributed by atoms with Crippen molar-refractivity contribution in [3.63, 3.8) is 0 Å². The standard InChI is InChI=1S/C9H13N3O4S/c1-17(15,16)6-2-5-10-8-4-3-7(9(13)14)11-12-8/h3-4H,2,5-6H2,1H3,(H,10,12)(H,13,14). The Morgan fingerprint density at radius 1 is 1.41 bits per heavy atom. The van der Waals surface area contributed by atoms with Crippen LogP contribution in [0.1, 0.15) is 16.9 Å². The van der Waals surface area contributed by atoms with Gasteiger partial charge < -0.3 is 10.4 Å². The van der Waals surface area contributed by atoms with E-state index in [0.29, 0.717) is 18.8 Å². The van der Waals surface area contributed by atoms with Gasteiger partial charge in [0.2, 0.25) is 0 Å². The molecule has 0 aliphatic carbocycles. The van der Waals surface area contributed by atoms with Gasteiger partial charge in [-0.15, -0.1) is 10.2 Å². The van der Waals surface area contributed by atoms with Crippen LogP contribution in [0.25, 0.3) is 0 Å². The maximum Gasteiger partial charge on any atom is 0.356 e. The zero-order valence-electron chi connectivity index (χ0n) is 9.25. The average Bonchev–Trinajstić information content (AvgIpc) is 2.24. The molecule has 0 saturated carbocycles. The van der Waals surface area contributed by atoms with E-state index in [1.54, 1.807) is 0 Å². The van der Waals surface area contributed by atoms with Crippen molar-refractivity contribution in [2.45, 2.75) is 6.42 Å². The quantitative estimate of drug-likeness (QED) is 0.693. The molecule has 1 rings (SSSR count). The number of aromatic carboxylic acids is 1. The lowest BCUT2D eigenvalue weighted by atomic mass is 10.4. The zero-order valence-corrected chi connectivity index (χ0v) is 10.1. The van der Waals surface area contributed by atoms with Crippen LogP contribution in [0, 0.1) is 0 Å². The normalized spacial score (nSPS) is 11.1. The highest BCUT2D eigenvalue weighted by molar-refractivity contribution is 7.90. The number of rotatable bonds is 6. The first-order valence-corrected chi connectivity index (χ1v) is 6.93. The van der Waals surface area contributed by atoms with Gasteiger partial charge >= 0.3 is 5.97 Å². The third-order valence-electron chi connectivity index (χ3n) is 1.88. The number of carbonyl (C=O) groups is 1. The highest BCUT2D eigenvalue weighted by Gasteiger charge is 2.05. The van der Waals surface area contributed by atoms with Crippen molar-refractivity contribution in [1.82, 2.24) is 10.2 Å². The van der Waals surface area contributed by atoms with Crippen LogP contribution >= 0.6 is 0 Å². The Morgan fingerprint density at radius 3 is 2.59 bits per heavy atom. The van der Waals surface area contributed by atoms with Crippen molar-refractivity contribution in [1.29, 1.82) is 0 Å². The monoisotopic (exact) mass is 259 g/mol. The van der Waals surface area contributed by atoms with Crippen molar-refractivity contribution in [3.8, 4) is 0 Å². The minimum Gasteiger partial charge on any atom is -0.476 e. The fourth-order valence-electron chi connectivity index (χ4n) is 1.09. The van der Waals surface area contributed by atoms with Gasteiger partial charge in [-0.25, -0.2) is 13.2 Å². The van der Waals surface area contributed by atoms with Crippen molar-refractivity contribution in [3.05, 3.63) is 17.8 Å². The molecule has 0 aliphatic rings. The highest BCUT2D eigenvalue weighted by atomic mass is 32.2. The molecule has 1 heterocycles. The van der Waals surface area contributed by atoms with E-state index in [2.05, 4.69) is 15.5 Å². The fraction of sp³-hybridized carbons (Fsp3) is 0.444. The maximum atomic E-state index is 10.8. The number of carboxylic acids is 1. The summed E-state index contributed by atoms with van der Waals surface area (Å²) in [5.41, 5.74) is -0.133. The van der Waals surface area contributed by atoms with Gasteiger partial charge in [0, 0.05) is 12.8 Å². The molecule has 0 bridgehead atoms. The molecule has 0 unspecified atom stereocenters. The molecular formula is C9H13N3O4S. The predicted octanol–water partition coefficient (Wildman–Crippen LogP) is 0.0214. The lowest BCUT2D eigenvalue weighted by Crippen LogP contribution is -2.11. The first kappa shape index (κ1) is 13.4. The summed E-state index contributed by atoms with van der Waals surface area (Å²) >= 11 is 0. The van der Waals surface area contributed by atoms with Crippen LogP contribution in [0.2, 0.25) is 0 Å². The van der Waals surface area contributed by atoms with Crippen LogP contribution in [0.4, 0.5) is 5.82 Å². The number of nitrogens with zero attached hydrogens (tertiary/aromatic N) is 2. The molecule has 94 valence electrons. The molecule has 0 fully saturated rings. The molecule has 7 nitrogen and oxygen atoms in total. The fourth-order valence-corrected chi connectivity index (χ4v) is 1.76. The van der Waals surface area contributed by atoms with Crippen molar-refractivity contribution >= 4 is 21.6 Å². The number of hydrogen-bond acceptors (Lipinski definition) is 6. The molecule has 0 spiro atoms. The van der Waals surface area contributed by atoms with E-state index in [-0.39, 0.29) is 11.4 Å². The summed E-state index contributed by atoms with van der Waals surface area (Å²) in [6.45, 7) is 0.439. The summed E-state index contributed by atoms with van der Waals surface area (Å²) in [5.74, 6) is -0.620. The minimum atomic E-state index is -2.95. The smallest absolute Gasteiger partial charge is 0.356 e. The minimum absolute atomic E-state index is 0.0979. The lowest BCUT2D eigenvalue weighted by Gasteiger charge is -2.03. The van der Waals surface area contributed by atoms with Crippen molar-refractivity contribution < 1.29 is 18.3 Å². The Morgan fingerprint density at radius 2 is 2.12 bits per heavy atom. The van der Waals surface area contributed by atoms with E-state index < -0.39 is 15.8 Å². The van der Waals surface area contributed by atoms with E-state index >= 15 is 0 Å². The van der Waals surface area contributed by atoms with E-state index in [0.717, 1.165) is 0 Å². The Bertz CT molecular complexity index is 483. The van der Waals surface area contributed by atoms with Gasteiger partial charge in [0.15, 0.2) is 5.69 Å². The highest BCUT2D eigenvalue weighted by Crippen LogP contribution is 2.02. The second-order valence-corrected chi connectivity index (χ2v) is 5.78. The predicted molar refractivity (Wildman–Crippen MR) is 61.8 cm³/mol. The van der Waals surface area contributed by atoms with Gasteiger partial charge in [-0.05, 0) is 18.6 Å². The van der Waals surface area contributed by atoms with Gasteiger partial charge in [0.05, 0.1) is 5.75 Å². The van der Waals surface area contributed by atoms with E-state index in [1.807, 2.05) is 0 Å². The molecular weight excluding hydrogens is 246 g/mol. The van der Waals surface area contributed by atoms with Gasteiger partial charge in [-0.3, -0.25) is 0 Å². The number of hydrogen-bond donors (Lipinski definition) is 2. The average molecular weight is 259 g/mol. The molecule has 0 amide bonds. The lowest BCUT2D eigenvalue weighted by molar-refractivity contribution is 0.0689. The van der Waals surface area contributed by atoms with Crippen LogP contribution < -0.4 is 5.32 Å². The summed E-state index contributed by atoms with van der Waals surface area (Å²) in [6, 6.07) is 2.81. The summed E-state index contributed by atoms with van der Waals surface area (Å²) in [5, 5.41) is 18.6. The summed E-state index contributed by atoms with van der Waals surface area (Å²) < 4.78 is 21.7. The van der Waals surface area contributed by atoms with Gasteiger partial charge in [-0.2, -0.15) is 0 Å². The van der Waals surface area contributed by atoms with Gasteiger partial charge in [0.1, 0.15) is 15.7 Å². The van der Waals surface area contributed by atoms with Crippen LogP contribution in [0.3, 0.4) is 0 Å². The van der Waals surface area contributed by atoms with E-state index in [9.17, 15) is 13.2 Å². The van der Waals surface area contributed by atoms with E-state index in [4.69, 9.17) is 5.11 Å².